The van der Waals surface area contributed by atoms with E-state index in [9.17, 15) is 14.7 Å². The number of fused-ring (bicyclic) bond motifs is 1. The Bertz CT molecular complexity index is 1390. The SMILES string of the molecule is CC1=CC(=O)N(Nc2nc(-c3cccs3)nc3sc(-c4cccc(O)c4)c(C)c23)C1=O. The zero-order valence-corrected chi connectivity index (χ0v) is 18.2. The average molecular weight is 449 g/mol. The van der Waals surface area contributed by atoms with Crippen LogP contribution in [-0.2, 0) is 9.59 Å². The summed E-state index contributed by atoms with van der Waals surface area (Å²) in [6, 6.07) is 10.8. The summed E-state index contributed by atoms with van der Waals surface area (Å²) in [5.74, 6) is 0.229. The minimum Gasteiger partial charge on any atom is -0.508 e. The fraction of sp³-hybridized carbons (Fsp3) is 0.0909. The molecule has 9 heteroatoms. The maximum absolute atomic E-state index is 12.4. The number of hydrazine groups is 1. The molecular weight excluding hydrogens is 432 g/mol. The number of aromatic nitrogens is 2. The summed E-state index contributed by atoms with van der Waals surface area (Å²) < 4.78 is 0. The van der Waals surface area contributed by atoms with Crippen molar-refractivity contribution < 1.29 is 14.7 Å². The molecule has 0 spiro atoms. The third kappa shape index (κ3) is 3.28. The number of aromatic hydroxyl groups is 1. The molecule has 5 rings (SSSR count). The normalized spacial score (nSPS) is 13.9. The van der Waals surface area contributed by atoms with Gasteiger partial charge in [0.2, 0.25) is 0 Å². The molecule has 4 aromatic rings. The highest BCUT2D eigenvalue weighted by Crippen LogP contribution is 2.42. The Morgan fingerprint density at radius 2 is 1.94 bits per heavy atom. The van der Waals surface area contributed by atoms with E-state index in [0.29, 0.717) is 17.2 Å². The van der Waals surface area contributed by atoms with Gasteiger partial charge < -0.3 is 5.11 Å². The molecule has 2 amide bonds. The molecular formula is C22H16N4O3S2. The van der Waals surface area contributed by atoms with Crippen molar-refractivity contribution in [3.05, 3.63) is 59.0 Å². The average Bonchev–Trinajstić information content (AvgIpc) is 3.44. The standard InChI is InChI=1S/C22H16N4O3S2/c1-11-9-16(28)26(22(11)29)25-20-17-12(2)18(13-5-3-6-14(27)10-13)31-21(17)24-19(23-20)15-7-4-8-30-15/h3-10,27H,1-2H3,(H,23,24,25). The summed E-state index contributed by atoms with van der Waals surface area (Å²) >= 11 is 2.98. The number of thiophene rings is 2. The molecule has 4 heterocycles. The van der Waals surface area contributed by atoms with Crippen molar-refractivity contribution in [1.29, 1.82) is 0 Å². The first-order valence-corrected chi connectivity index (χ1v) is 11.1. The van der Waals surface area contributed by atoms with Crippen molar-refractivity contribution in [1.82, 2.24) is 15.0 Å². The molecule has 1 aliphatic heterocycles. The summed E-state index contributed by atoms with van der Waals surface area (Å²) in [7, 11) is 0. The van der Waals surface area contributed by atoms with Gasteiger partial charge >= 0.3 is 0 Å². The number of hydrogen-bond acceptors (Lipinski definition) is 8. The Morgan fingerprint density at radius 1 is 1.10 bits per heavy atom. The molecule has 2 N–H and O–H groups in total. The Labute approximate surface area is 185 Å². The van der Waals surface area contributed by atoms with Crippen molar-refractivity contribution in [3.63, 3.8) is 0 Å². The number of phenolic OH excluding ortho intramolecular Hbond substituents is 1. The number of hydrogen-bond donors (Lipinski definition) is 2. The monoisotopic (exact) mass is 448 g/mol. The van der Waals surface area contributed by atoms with E-state index in [1.165, 1.54) is 28.7 Å². The molecule has 3 aromatic heterocycles. The molecule has 1 aliphatic rings. The number of benzene rings is 1. The summed E-state index contributed by atoms with van der Waals surface area (Å²) in [6.45, 7) is 3.54. The molecule has 0 fully saturated rings. The maximum Gasteiger partial charge on any atom is 0.275 e. The van der Waals surface area contributed by atoms with Crippen LogP contribution in [-0.4, -0.2) is 31.9 Å². The van der Waals surface area contributed by atoms with Gasteiger partial charge in [-0.1, -0.05) is 18.2 Å². The van der Waals surface area contributed by atoms with E-state index in [4.69, 9.17) is 4.98 Å². The van der Waals surface area contributed by atoms with Gasteiger partial charge in [-0.05, 0) is 48.6 Å². The van der Waals surface area contributed by atoms with E-state index in [2.05, 4.69) is 10.4 Å². The number of anilines is 1. The number of nitrogens with zero attached hydrogens (tertiary/aromatic N) is 3. The lowest BCUT2D eigenvalue weighted by Gasteiger charge is -2.17. The fourth-order valence-corrected chi connectivity index (χ4v) is 5.29. The lowest BCUT2D eigenvalue weighted by molar-refractivity contribution is -0.135. The highest BCUT2D eigenvalue weighted by atomic mass is 32.1. The van der Waals surface area contributed by atoms with Crippen LogP contribution >= 0.6 is 22.7 Å². The van der Waals surface area contributed by atoms with Gasteiger partial charge in [-0.25, -0.2) is 9.97 Å². The van der Waals surface area contributed by atoms with Crippen molar-refractivity contribution in [3.8, 4) is 26.9 Å². The third-order valence-electron chi connectivity index (χ3n) is 4.96. The molecule has 0 atom stereocenters. The van der Waals surface area contributed by atoms with Gasteiger partial charge in [-0.2, -0.15) is 5.01 Å². The Morgan fingerprint density at radius 3 is 2.61 bits per heavy atom. The Balaban J connectivity index is 1.70. The maximum atomic E-state index is 12.4. The van der Waals surface area contributed by atoms with E-state index in [1.807, 2.05) is 30.5 Å². The zero-order valence-electron chi connectivity index (χ0n) is 16.5. The molecule has 7 nitrogen and oxygen atoms in total. The van der Waals surface area contributed by atoms with Crippen molar-refractivity contribution in [2.75, 3.05) is 5.43 Å². The smallest absolute Gasteiger partial charge is 0.275 e. The largest absolute Gasteiger partial charge is 0.508 e. The van der Waals surface area contributed by atoms with Crippen LogP contribution < -0.4 is 5.43 Å². The number of rotatable bonds is 4. The van der Waals surface area contributed by atoms with Gasteiger partial charge in [-0.3, -0.25) is 15.0 Å². The quantitative estimate of drug-likeness (QED) is 0.438. The first-order chi connectivity index (χ1) is 14.9. The van der Waals surface area contributed by atoms with Gasteiger partial charge in [0.05, 0.1) is 10.3 Å². The van der Waals surface area contributed by atoms with E-state index < -0.39 is 11.8 Å². The second-order valence-electron chi connectivity index (χ2n) is 7.08. The number of nitrogens with one attached hydrogen (secondary N) is 1. The van der Waals surface area contributed by atoms with Crippen LogP contribution in [0.4, 0.5) is 5.82 Å². The third-order valence-corrected chi connectivity index (χ3v) is 7.06. The van der Waals surface area contributed by atoms with Gasteiger partial charge in [0, 0.05) is 16.5 Å². The number of carbonyl (C=O) groups is 2. The molecule has 1 aromatic carbocycles. The number of amides is 2. The van der Waals surface area contributed by atoms with E-state index in [0.717, 1.165) is 36.1 Å². The van der Waals surface area contributed by atoms with Crippen LogP contribution in [0.1, 0.15) is 12.5 Å². The topological polar surface area (TPSA) is 95.4 Å². The minimum atomic E-state index is -0.437. The predicted octanol–water partition coefficient (Wildman–Crippen LogP) is 4.74. The molecule has 31 heavy (non-hydrogen) atoms. The van der Waals surface area contributed by atoms with Crippen molar-refractivity contribution in [2.45, 2.75) is 13.8 Å². The van der Waals surface area contributed by atoms with Crippen LogP contribution in [0, 0.1) is 6.92 Å². The number of phenols is 1. The summed E-state index contributed by atoms with van der Waals surface area (Å²) in [4.78, 5) is 36.7. The molecule has 0 bridgehead atoms. The van der Waals surface area contributed by atoms with Gasteiger partial charge in [-0.15, -0.1) is 22.7 Å². The molecule has 0 unspecified atom stereocenters. The lowest BCUT2D eigenvalue weighted by atomic mass is 10.1. The number of imide groups is 1. The second-order valence-corrected chi connectivity index (χ2v) is 9.02. The predicted molar refractivity (Wildman–Crippen MR) is 122 cm³/mol. The summed E-state index contributed by atoms with van der Waals surface area (Å²) in [5.41, 5.74) is 5.04. The second kappa shape index (κ2) is 7.29. The van der Waals surface area contributed by atoms with Gasteiger partial charge in [0.25, 0.3) is 11.8 Å². The van der Waals surface area contributed by atoms with Gasteiger partial charge in [0.1, 0.15) is 10.6 Å². The van der Waals surface area contributed by atoms with Crippen molar-refractivity contribution >= 4 is 50.5 Å². The van der Waals surface area contributed by atoms with Crippen LogP contribution in [0.2, 0.25) is 0 Å². The van der Waals surface area contributed by atoms with Crippen LogP contribution in [0.3, 0.4) is 0 Å². The first kappa shape index (κ1) is 19.4. The molecule has 0 aliphatic carbocycles. The molecule has 0 saturated heterocycles. The molecule has 0 saturated carbocycles. The Hall–Kier alpha value is -3.56. The number of aryl methyl sites for hydroxylation is 1. The minimum absolute atomic E-state index is 0.174. The van der Waals surface area contributed by atoms with Crippen LogP contribution in [0.5, 0.6) is 5.75 Å². The highest BCUT2D eigenvalue weighted by molar-refractivity contribution is 7.22. The summed E-state index contributed by atoms with van der Waals surface area (Å²) in [6.07, 6.45) is 1.30. The Kier molecular flexibility index (Phi) is 4.57. The zero-order chi connectivity index (χ0) is 21.7. The van der Waals surface area contributed by atoms with Crippen LogP contribution in [0.25, 0.3) is 31.4 Å². The molecule has 154 valence electrons. The lowest BCUT2D eigenvalue weighted by Crippen LogP contribution is -2.36. The first-order valence-electron chi connectivity index (χ1n) is 9.40. The fourth-order valence-electron chi connectivity index (χ4n) is 3.46. The van der Waals surface area contributed by atoms with Crippen molar-refractivity contribution in [2.24, 2.45) is 0 Å². The van der Waals surface area contributed by atoms with E-state index in [1.54, 1.807) is 25.1 Å². The van der Waals surface area contributed by atoms with Crippen LogP contribution in [0.15, 0.2) is 53.4 Å². The molecule has 0 radical (unpaired) electrons. The number of carbonyl (C=O) groups excluding carboxylic acids is 2. The summed E-state index contributed by atoms with van der Waals surface area (Å²) in [5, 5.41) is 13.6. The van der Waals surface area contributed by atoms with E-state index in [-0.39, 0.29) is 5.75 Å². The van der Waals surface area contributed by atoms with Gasteiger partial charge in [0.15, 0.2) is 11.6 Å². The van der Waals surface area contributed by atoms with E-state index >= 15 is 0 Å². The highest BCUT2D eigenvalue weighted by Gasteiger charge is 2.30.